The third kappa shape index (κ3) is 2.27. The van der Waals surface area contributed by atoms with Crippen LogP contribution >= 0.6 is 0 Å². The second-order valence-corrected chi connectivity index (χ2v) is 5.25. The minimum Gasteiger partial charge on any atom is -0.396 e. The number of nitriles is 1. The van der Waals surface area contributed by atoms with Crippen LogP contribution in [-0.2, 0) is 0 Å². The monoisotopic (exact) mass is 244 g/mol. The zero-order valence-electron chi connectivity index (χ0n) is 10.6. The standard InChI is InChI=1S/C15H20N2O/c16-9-12-3-5-13(6-4-12)14(10-17)15(11-18)7-1-2-8-15/h3-6,14,18H,1-2,7-8,10-11,17H2/t14-/m0/s1. The van der Waals surface area contributed by atoms with Crippen LogP contribution in [0.15, 0.2) is 24.3 Å². The van der Waals surface area contributed by atoms with Gasteiger partial charge in [0.25, 0.3) is 0 Å². The van der Waals surface area contributed by atoms with Gasteiger partial charge in [-0.15, -0.1) is 0 Å². The zero-order valence-corrected chi connectivity index (χ0v) is 10.6. The van der Waals surface area contributed by atoms with Crippen LogP contribution in [0.25, 0.3) is 0 Å². The van der Waals surface area contributed by atoms with Gasteiger partial charge in [0.15, 0.2) is 0 Å². The molecule has 0 radical (unpaired) electrons. The number of benzene rings is 1. The molecule has 0 unspecified atom stereocenters. The van der Waals surface area contributed by atoms with E-state index >= 15 is 0 Å². The molecule has 3 heteroatoms. The van der Waals surface area contributed by atoms with Crippen LogP contribution < -0.4 is 5.73 Å². The Kier molecular flexibility index (Phi) is 4.00. The summed E-state index contributed by atoms with van der Waals surface area (Å²) in [5.74, 6) is 0.192. The Labute approximate surface area is 108 Å². The molecule has 96 valence electrons. The molecule has 0 aliphatic heterocycles. The van der Waals surface area contributed by atoms with Crippen LogP contribution in [0.4, 0.5) is 0 Å². The van der Waals surface area contributed by atoms with E-state index in [9.17, 15) is 5.11 Å². The average Bonchev–Trinajstić information content (AvgIpc) is 2.90. The molecule has 0 aromatic heterocycles. The number of hydrogen-bond donors (Lipinski definition) is 2. The van der Waals surface area contributed by atoms with Gasteiger partial charge in [0.1, 0.15) is 0 Å². The van der Waals surface area contributed by atoms with Crippen LogP contribution in [0.2, 0.25) is 0 Å². The van der Waals surface area contributed by atoms with E-state index in [0.29, 0.717) is 12.1 Å². The molecule has 0 bridgehead atoms. The van der Waals surface area contributed by atoms with Gasteiger partial charge in [-0.1, -0.05) is 25.0 Å². The number of rotatable bonds is 4. The van der Waals surface area contributed by atoms with Crippen molar-refractivity contribution in [2.75, 3.05) is 13.2 Å². The fourth-order valence-corrected chi connectivity index (χ4v) is 3.23. The highest BCUT2D eigenvalue weighted by Gasteiger charge is 2.40. The summed E-state index contributed by atoms with van der Waals surface area (Å²) in [5.41, 5.74) is 7.70. The van der Waals surface area contributed by atoms with Crippen molar-refractivity contribution < 1.29 is 5.11 Å². The molecule has 0 amide bonds. The number of nitrogens with two attached hydrogens (primary N) is 1. The van der Waals surface area contributed by atoms with Gasteiger partial charge in [-0.25, -0.2) is 0 Å². The van der Waals surface area contributed by atoms with E-state index in [2.05, 4.69) is 6.07 Å². The number of nitrogens with zero attached hydrogens (tertiary/aromatic N) is 1. The highest BCUT2D eigenvalue weighted by Crippen LogP contribution is 2.48. The van der Waals surface area contributed by atoms with Crippen LogP contribution in [0.1, 0.15) is 42.7 Å². The van der Waals surface area contributed by atoms with Gasteiger partial charge >= 0.3 is 0 Å². The number of hydrogen-bond acceptors (Lipinski definition) is 3. The first-order chi connectivity index (χ1) is 8.75. The largest absolute Gasteiger partial charge is 0.396 e. The first-order valence-electron chi connectivity index (χ1n) is 6.57. The normalized spacial score (nSPS) is 19.4. The molecule has 0 spiro atoms. The van der Waals surface area contributed by atoms with Crippen molar-refractivity contribution in [2.45, 2.75) is 31.6 Å². The van der Waals surface area contributed by atoms with E-state index in [0.717, 1.165) is 18.4 Å². The molecule has 1 saturated carbocycles. The van der Waals surface area contributed by atoms with Gasteiger partial charge in [-0.2, -0.15) is 5.26 Å². The maximum atomic E-state index is 9.77. The van der Waals surface area contributed by atoms with Gasteiger partial charge in [0, 0.05) is 17.9 Å². The van der Waals surface area contributed by atoms with Crippen molar-refractivity contribution in [1.29, 1.82) is 5.26 Å². The molecule has 3 N–H and O–H groups in total. The first-order valence-corrected chi connectivity index (χ1v) is 6.57. The zero-order chi connectivity index (χ0) is 13.0. The minimum absolute atomic E-state index is 0.0527. The Balaban J connectivity index is 2.29. The van der Waals surface area contributed by atoms with Crippen LogP contribution in [-0.4, -0.2) is 18.3 Å². The van der Waals surface area contributed by atoms with Gasteiger partial charge in [-0.3, -0.25) is 0 Å². The topological polar surface area (TPSA) is 70.0 Å². The maximum absolute atomic E-state index is 9.77. The van der Waals surface area contributed by atoms with Gasteiger partial charge < -0.3 is 10.8 Å². The predicted molar refractivity (Wildman–Crippen MR) is 70.9 cm³/mol. The smallest absolute Gasteiger partial charge is 0.0991 e. The highest BCUT2D eigenvalue weighted by molar-refractivity contribution is 5.34. The van der Waals surface area contributed by atoms with Crippen molar-refractivity contribution in [3.8, 4) is 6.07 Å². The van der Waals surface area contributed by atoms with E-state index in [1.807, 2.05) is 24.3 Å². The first kappa shape index (κ1) is 13.1. The van der Waals surface area contributed by atoms with Gasteiger partial charge in [0.05, 0.1) is 11.6 Å². The quantitative estimate of drug-likeness (QED) is 0.852. The van der Waals surface area contributed by atoms with E-state index in [-0.39, 0.29) is 17.9 Å². The summed E-state index contributed by atoms with van der Waals surface area (Å²) >= 11 is 0. The predicted octanol–water partition coefficient (Wildman–Crippen LogP) is 2.15. The van der Waals surface area contributed by atoms with E-state index in [1.54, 1.807) is 0 Å². The molecule has 1 aromatic carbocycles. The molecule has 1 aromatic rings. The summed E-state index contributed by atoms with van der Waals surface area (Å²) < 4.78 is 0. The lowest BCUT2D eigenvalue weighted by atomic mass is 9.71. The van der Waals surface area contributed by atoms with Crippen LogP contribution in [0.3, 0.4) is 0 Å². The fraction of sp³-hybridized carbons (Fsp3) is 0.533. The lowest BCUT2D eigenvalue weighted by Gasteiger charge is -2.35. The molecule has 3 nitrogen and oxygen atoms in total. The molecule has 0 heterocycles. The maximum Gasteiger partial charge on any atom is 0.0991 e. The Hall–Kier alpha value is -1.37. The van der Waals surface area contributed by atoms with Crippen LogP contribution in [0, 0.1) is 16.7 Å². The Morgan fingerprint density at radius 1 is 1.28 bits per heavy atom. The van der Waals surface area contributed by atoms with Crippen molar-refractivity contribution in [3.05, 3.63) is 35.4 Å². The van der Waals surface area contributed by atoms with E-state index < -0.39 is 0 Å². The van der Waals surface area contributed by atoms with Crippen molar-refractivity contribution in [3.63, 3.8) is 0 Å². The summed E-state index contributed by atoms with van der Waals surface area (Å²) in [6.45, 7) is 0.751. The molecular weight excluding hydrogens is 224 g/mol. The third-order valence-electron chi connectivity index (χ3n) is 4.33. The van der Waals surface area contributed by atoms with Crippen molar-refractivity contribution in [2.24, 2.45) is 11.1 Å². The lowest BCUT2D eigenvalue weighted by Crippen LogP contribution is -2.34. The average molecular weight is 244 g/mol. The van der Waals surface area contributed by atoms with Crippen LogP contribution in [0.5, 0.6) is 0 Å². The summed E-state index contributed by atoms with van der Waals surface area (Å²) in [6.07, 6.45) is 4.44. The SMILES string of the molecule is N#Cc1ccc([C@H](CN)C2(CO)CCCC2)cc1. The molecular formula is C15H20N2O. The molecule has 2 rings (SSSR count). The minimum atomic E-state index is -0.0527. The molecule has 1 atom stereocenters. The molecule has 0 saturated heterocycles. The molecule has 18 heavy (non-hydrogen) atoms. The summed E-state index contributed by atoms with van der Waals surface area (Å²) in [6, 6.07) is 9.74. The number of aliphatic hydroxyl groups excluding tert-OH is 1. The highest BCUT2D eigenvalue weighted by atomic mass is 16.3. The Morgan fingerprint density at radius 2 is 1.89 bits per heavy atom. The molecule has 1 aliphatic carbocycles. The second-order valence-electron chi connectivity index (χ2n) is 5.25. The van der Waals surface area contributed by atoms with Crippen molar-refractivity contribution >= 4 is 0 Å². The van der Waals surface area contributed by atoms with Gasteiger partial charge in [0.2, 0.25) is 0 Å². The fourth-order valence-electron chi connectivity index (χ4n) is 3.23. The summed E-state index contributed by atoms with van der Waals surface area (Å²) in [7, 11) is 0. The molecule has 1 fully saturated rings. The Morgan fingerprint density at radius 3 is 2.33 bits per heavy atom. The summed E-state index contributed by atoms with van der Waals surface area (Å²) in [4.78, 5) is 0. The van der Waals surface area contributed by atoms with Gasteiger partial charge in [-0.05, 0) is 37.1 Å². The second kappa shape index (κ2) is 5.51. The van der Waals surface area contributed by atoms with E-state index in [1.165, 1.54) is 12.8 Å². The summed E-state index contributed by atoms with van der Waals surface area (Å²) in [5, 5.41) is 18.6. The number of aliphatic hydroxyl groups is 1. The Bertz CT molecular complexity index is 427. The lowest BCUT2D eigenvalue weighted by molar-refractivity contribution is 0.103. The molecule has 1 aliphatic rings. The van der Waals surface area contributed by atoms with Crippen molar-refractivity contribution in [1.82, 2.24) is 0 Å². The van der Waals surface area contributed by atoms with E-state index in [4.69, 9.17) is 11.0 Å². The third-order valence-corrected chi connectivity index (χ3v) is 4.33.